The fourth-order valence-corrected chi connectivity index (χ4v) is 5.55. The van der Waals surface area contributed by atoms with Gasteiger partial charge in [-0.05, 0) is 44.8 Å². The molecule has 0 amide bonds. The first-order valence-electron chi connectivity index (χ1n) is 11.8. The third kappa shape index (κ3) is 5.07. The summed E-state index contributed by atoms with van der Waals surface area (Å²) < 4.78 is 0. The molecular weight excluding hydrogens is 376 g/mol. The van der Waals surface area contributed by atoms with Crippen molar-refractivity contribution in [1.82, 2.24) is 0 Å². The summed E-state index contributed by atoms with van der Waals surface area (Å²) in [6.07, 6.45) is 0.916. The molecule has 0 spiro atoms. The standard InChI is InChI=1S/C30H46O/c1-26(2,3)19-30(13,20-17-15-14-16-18-20)24-22(28(7,8)9)21(27(4,5)6)23(25(24)31)29(10,11)12/h14-18H,19H2,1-13H3. The molecule has 0 N–H and O–H groups in total. The summed E-state index contributed by atoms with van der Waals surface area (Å²) in [6, 6.07) is 10.7. The predicted molar refractivity (Wildman–Crippen MR) is 135 cm³/mol. The summed E-state index contributed by atoms with van der Waals surface area (Å²) in [5, 5.41) is 0. The van der Waals surface area contributed by atoms with E-state index in [0.29, 0.717) is 0 Å². The topological polar surface area (TPSA) is 17.1 Å². The molecule has 31 heavy (non-hydrogen) atoms. The van der Waals surface area contributed by atoms with E-state index in [1.165, 1.54) is 16.7 Å². The van der Waals surface area contributed by atoms with Crippen LogP contribution in [0.15, 0.2) is 52.6 Å². The van der Waals surface area contributed by atoms with Gasteiger partial charge < -0.3 is 0 Å². The van der Waals surface area contributed by atoms with Crippen LogP contribution in [0.5, 0.6) is 0 Å². The molecule has 0 aliphatic heterocycles. The summed E-state index contributed by atoms with van der Waals surface area (Å²) in [5.41, 5.74) is 5.07. The van der Waals surface area contributed by atoms with Crippen LogP contribution >= 0.6 is 0 Å². The normalized spacial score (nSPS) is 18.7. The van der Waals surface area contributed by atoms with Crippen molar-refractivity contribution < 1.29 is 4.79 Å². The number of ketones is 1. The molecule has 0 bridgehead atoms. The minimum Gasteiger partial charge on any atom is -0.289 e. The highest BCUT2D eigenvalue weighted by molar-refractivity contribution is 6.16. The van der Waals surface area contributed by atoms with Gasteiger partial charge in [0.2, 0.25) is 0 Å². The number of allylic oxidation sites excluding steroid dienone is 4. The molecule has 1 nitrogen and oxygen atoms in total. The second-order valence-electron chi connectivity index (χ2n) is 14.0. The molecule has 1 aromatic carbocycles. The largest absolute Gasteiger partial charge is 0.289 e. The predicted octanol–water partition coefficient (Wildman–Crippen LogP) is 8.69. The van der Waals surface area contributed by atoms with Crippen molar-refractivity contribution in [3.05, 3.63) is 58.2 Å². The van der Waals surface area contributed by atoms with E-state index < -0.39 is 0 Å². The molecule has 0 heterocycles. The van der Waals surface area contributed by atoms with E-state index in [9.17, 15) is 4.79 Å². The van der Waals surface area contributed by atoms with Crippen LogP contribution in [0.25, 0.3) is 0 Å². The van der Waals surface area contributed by atoms with Crippen LogP contribution in [-0.4, -0.2) is 5.78 Å². The Morgan fingerprint density at radius 1 is 0.548 bits per heavy atom. The summed E-state index contributed by atoms with van der Waals surface area (Å²) >= 11 is 0. The maximum Gasteiger partial charge on any atom is 0.187 e. The first-order chi connectivity index (χ1) is 13.7. The molecule has 0 saturated heterocycles. The van der Waals surface area contributed by atoms with Crippen LogP contribution in [-0.2, 0) is 10.2 Å². The lowest BCUT2D eigenvalue weighted by Gasteiger charge is -2.40. The Morgan fingerprint density at radius 2 is 0.935 bits per heavy atom. The minimum absolute atomic E-state index is 0.0766. The lowest BCUT2D eigenvalue weighted by molar-refractivity contribution is -0.113. The zero-order valence-corrected chi connectivity index (χ0v) is 22.5. The number of benzene rings is 1. The second kappa shape index (κ2) is 7.75. The highest BCUT2D eigenvalue weighted by atomic mass is 16.1. The summed E-state index contributed by atoms with van der Waals surface area (Å²) in [5.74, 6) is 0.262. The molecule has 1 heteroatoms. The lowest BCUT2D eigenvalue weighted by Crippen LogP contribution is -2.36. The van der Waals surface area contributed by atoms with E-state index >= 15 is 0 Å². The van der Waals surface area contributed by atoms with Gasteiger partial charge >= 0.3 is 0 Å². The van der Waals surface area contributed by atoms with Gasteiger partial charge in [0.1, 0.15) is 0 Å². The number of hydrogen-bond acceptors (Lipinski definition) is 1. The van der Waals surface area contributed by atoms with Crippen molar-refractivity contribution in [1.29, 1.82) is 0 Å². The zero-order valence-electron chi connectivity index (χ0n) is 22.5. The van der Waals surface area contributed by atoms with Crippen LogP contribution in [0.1, 0.15) is 102 Å². The Hall–Kier alpha value is -1.63. The summed E-state index contributed by atoms with van der Waals surface area (Å²) in [7, 11) is 0. The zero-order chi connectivity index (χ0) is 24.2. The van der Waals surface area contributed by atoms with Crippen molar-refractivity contribution in [2.45, 2.75) is 102 Å². The Balaban J connectivity index is 3.04. The number of rotatable bonds is 3. The molecule has 1 aromatic rings. The van der Waals surface area contributed by atoms with E-state index in [1.54, 1.807) is 0 Å². The summed E-state index contributed by atoms with van der Waals surface area (Å²) in [4.78, 5) is 14.5. The van der Waals surface area contributed by atoms with Gasteiger partial charge in [-0.1, -0.05) is 120 Å². The molecule has 0 radical (unpaired) electrons. The molecule has 0 aromatic heterocycles. The Kier molecular flexibility index (Phi) is 6.41. The molecule has 0 fully saturated rings. The van der Waals surface area contributed by atoms with E-state index in [0.717, 1.165) is 17.6 Å². The van der Waals surface area contributed by atoms with Gasteiger partial charge in [-0.15, -0.1) is 0 Å². The molecule has 1 unspecified atom stereocenters. The van der Waals surface area contributed by atoms with E-state index in [2.05, 4.69) is 120 Å². The van der Waals surface area contributed by atoms with Gasteiger partial charge in [0.15, 0.2) is 5.78 Å². The highest BCUT2D eigenvalue weighted by Crippen LogP contribution is 2.57. The van der Waals surface area contributed by atoms with Gasteiger partial charge in [0, 0.05) is 16.6 Å². The molecule has 172 valence electrons. The third-order valence-electron chi connectivity index (χ3n) is 6.30. The van der Waals surface area contributed by atoms with Crippen molar-refractivity contribution in [3.8, 4) is 0 Å². The fraction of sp³-hybridized carbons (Fsp3) is 0.633. The SMILES string of the molecule is CC(C)(C)CC(C)(C1=C(C(C)(C)C)C(C(C)(C)C)=C(C(C)(C)C)C1=O)c1ccccc1. The monoisotopic (exact) mass is 422 g/mol. The molecule has 0 saturated carbocycles. The molecular formula is C30H46O. The molecule has 1 atom stereocenters. The van der Waals surface area contributed by atoms with Gasteiger partial charge in [-0.2, -0.15) is 0 Å². The van der Waals surface area contributed by atoms with Crippen LogP contribution in [0.3, 0.4) is 0 Å². The molecule has 2 rings (SSSR count). The number of Topliss-reactive ketones (excluding diaryl/α,β-unsaturated/α-hetero) is 1. The van der Waals surface area contributed by atoms with Gasteiger partial charge in [-0.25, -0.2) is 0 Å². The summed E-state index contributed by atoms with van der Waals surface area (Å²) in [6.45, 7) is 29.4. The Bertz CT molecular complexity index is 896. The number of carbonyl (C=O) groups is 1. The van der Waals surface area contributed by atoms with Crippen molar-refractivity contribution in [3.63, 3.8) is 0 Å². The van der Waals surface area contributed by atoms with Crippen molar-refractivity contribution in [2.75, 3.05) is 0 Å². The minimum atomic E-state index is -0.358. The average molecular weight is 423 g/mol. The maximum absolute atomic E-state index is 14.5. The second-order valence-corrected chi connectivity index (χ2v) is 14.0. The highest BCUT2D eigenvalue weighted by Gasteiger charge is 2.51. The first kappa shape index (κ1) is 25.6. The average Bonchev–Trinajstić information content (AvgIpc) is 2.88. The Morgan fingerprint density at radius 3 is 1.29 bits per heavy atom. The van der Waals surface area contributed by atoms with Crippen molar-refractivity contribution >= 4 is 5.78 Å². The fourth-order valence-electron chi connectivity index (χ4n) is 5.55. The first-order valence-corrected chi connectivity index (χ1v) is 11.8. The molecule has 1 aliphatic carbocycles. The van der Waals surface area contributed by atoms with Crippen LogP contribution < -0.4 is 0 Å². The van der Waals surface area contributed by atoms with Crippen LogP contribution in [0.2, 0.25) is 0 Å². The van der Waals surface area contributed by atoms with Gasteiger partial charge in [0.25, 0.3) is 0 Å². The number of hydrogen-bond donors (Lipinski definition) is 0. The smallest absolute Gasteiger partial charge is 0.187 e. The Labute approximate surface area is 192 Å². The van der Waals surface area contributed by atoms with Crippen LogP contribution in [0, 0.1) is 21.7 Å². The number of carbonyl (C=O) groups excluding carboxylic acids is 1. The third-order valence-corrected chi connectivity index (χ3v) is 6.30. The van der Waals surface area contributed by atoms with Crippen molar-refractivity contribution in [2.24, 2.45) is 21.7 Å². The maximum atomic E-state index is 14.5. The van der Waals surface area contributed by atoms with Gasteiger partial charge in [0.05, 0.1) is 0 Å². The van der Waals surface area contributed by atoms with Crippen LogP contribution in [0.4, 0.5) is 0 Å². The van der Waals surface area contributed by atoms with E-state index in [1.807, 2.05) is 0 Å². The van der Waals surface area contributed by atoms with Gasteiger partial charge in [-0.3, -0.25) is 4.79 Å². The molecule has 1 aliphatic rings. The lowest BCUT2D eigenvalue weighted by atomic mass is 9.62. The van der Waals surface area contributed by atoms with E-state index in [-0.39, 0.29) is 32.9 Å². The quantitative estimate of drug-likeness (QED) is 0.476. The van der Waals surface area contributed by atoms with E-state index in [4.69, 9.17) is 0 Å².